The summed E-state index contributed by atoms with van der Waals surface area (Å²) in [6, 6.07) is 11.5. The van der Waals surface area contributed by atoms with Gasteiger partial charge in [0.05, 0.1) is 7.05 Å². The molecule has 0 aliphatic carbocycles. The molecule has 2 rings (SSSR count). The lowest BCUT2D eigenvalue weighted by atomic mass is 10.2. The fourth-order valence-electron chi connectivity index (χ4n) is 2.30. The normalized spacial score (nSPS) is 13.8. The molecule has 2 N–H and O–H groups in total. The second-order valence-corrected chi connectivity index (χ2v) is 6.62. The predicted octanol–water partition coefficient (Wildman–Crippen LogP) is 2.53. The lowest BCUT2D eigenvalue weighted by molar-refractivity contribution is -0.909. The lowest BCUT2D eigenvalue weighted by Gasteiger charge is -2.21. The molecule has 0 aliphatic rings. The molecule has 1 amide bonds. The van der Waals surface area contributed by atoms with E-state index < -0.39 is 0 Å². The van der Waals surface area contributed by atoms with Gasteiger partial charge in [-0.3, -0.25) is 4.79 Å². The number of hydrogen-bond donors (Lipinski definition) is 2. The Labute approximate surface area is 142 Å². The van der Waals surface area contributed by atoms with Crippen LogP contribution in [0, 0.1) is 0 Å². The number of nitrogens with one attached hydrogen (secondary N) is 2. The minimum absolute atomic E-state index is 0.0574. The van der Waals surface area contributed by atoms with Crippen molar-refractivity contribution < 1.29 is 14.1 Å². The fourth-order valence-corrected chi connectivity index (χ4v) is 2.43. The van der Waals surface area contributed by atoms with Crippen LogP contribution in [0.25, 0.3) is 11.3 Å². The van der Waals surface area contributed by atoms with Gasteiger partial charge in [0, 0.05) is 16.6 Å². The van der Waals surface area contributed by atoms with Crippen LogP contribution < -0.4 is 10.2 Å². The average Bonchev–Trinajstić information content (AvgIpc) is 2.94. The third-order valence-electron chi connectivity index (χ3n) is 3.81. The van der Waals surface area contributed by atoms with Crippen molar-refractivity contribution in [2.45, 2.75) is 39.4 Å². The highest BCUT2D eigenvalue weighted by atomic mass is 35.5. The zero-order valence-corrected chi connectivity index (χ0v) is 14.8. The fraction of sp³-hybridized carbons (Fsp3) is 0.389. The second-order valence-electron chi connectivity index (χ2n) is 6.18. The largest absolute Gasteiger partial charge is 0.455 e. The van der Waals surface area contributed by atoms with Gasteiger partial charge in [-0.1, -0.05) is 11.6 Å². The van der Waals surface area contributed by atoms with Crippen molar-refractivity contribution in [2.24, 2.45) is 0 Å². The number of benzene rings is 1. The molecule has 1 aromatic carbocycles. The van der Waals surface area contributed by atoms with Crippen LogP contribution in [0.15, 0.2) is 40.8 Å². The maximum absolute atomic E-state index is 12.1. The Kier molecular flexibility index (Phi) is 5.85. The molecule has 1 aromatic heterocycles. The quantitative estimate of drug-likeness (QED) is 0.852. The zero-order valence-electron chi connectivity index (χ0n) is 14.0. The van der Waals surface area contributed by atoms with Crippen molar-refractivity contribution in [1.29, 1.82) is 0 Å². The summed E-state index contributed by atoms with van der Waals surface area (Å²) in [6.45, 7) is 6.51. The molecule has 4 nitrogen and oxygen atoms in total. The Morgan fingerprint density at radius 2 is 1.83 bits per heavy atom. The van der Waals surface area contributed by atoms with Crippen LogP contribution >= 0.6 is 11.6 Å². The molecule has 0 radical (unpaired) electrons. The van der Waals surface area contributed by atoms with Gasteiger partial charge < -0.3 is 14.6 Å². The summed E-state index contributed by atoms with van der Waals surface area (Å²) < 4.78 is 5.90. The molecule has 0 aliphatic heterocycles. The molecule has 5 heteroatoms. The highest BCUT2D eigenvalue weighted by Crippen LogP contribution is 2.23. The van der Waals surface area contributed by atoms with Gasteiger partial charge in [0.2, 0.25) is 0 Å². The summed E-state index contributed by atoms with van der Waals surface area (Å²) in [4.78, 5) is 13.2. The van der Waals surface area contributed by atoms with E-state index in [2.05, 4.69) is 5.32 Å². The van der Waals surface area contributed by atoms with Gasteiger partial charge in [-0.2, -0.15) is 0 Å². The standard InChI is InChI=1S/C18H23ClN2O2/c1-12(2)20-18(22)13(3)21(4)11-16-9-10-17(23-16)14-5-7-15(19)8-6-14/h5-10,12-13H,11H2,1-4H3,(H,20,22)/p+1/t13-/m0/s1. The van der Waals surface area contributed by atoms with Crippen LogP contribution in [0.1, 0.15) is 26.5 Å². The molecule has 124 valence electrons. The summed E-state index contributed by atoms with van der Waals surface area (Å²) in [6.07, 6.45) is 0. The van der Waals surface area contributed by atoms with Crippen molar-refractivity contribution >= 4 is 17.5 Å². The highest BCUT2D eigenvalue weighted by Gasteiger charge is 2.23. The van der Waals surface area contributed by atoms with Gasteiger partial charge in [0.25, 0.3) is 5.91 Å². The topological polar surface area (TPSA) is 46.7 Å². The Morgan fingerprint density at radius 1 is 1.17 bits per heavy atom. The number of hydrogen-bond acceptors (Lipinski definition) is 2. The van der Waals surface area contributed by atoms with Crippen LogP contribution in [0.4, 0.5) is 0 Å². The van der Waals surface area contributed by atoms with Gasteiger partial charge in [0.1, 0.15) is 12.3 Å². The molecule has 2 atom stereocenters. The van der Waals surface area contributed by atoms with Crippen LogP contribution in [-0.4, -0.2) is 25.0 Å². The van der Waals surface area contributed by atoms with E-state index in [0.29, 0.717) is 11.6 Å². The molecule has 0 bridgehead atoms. The molecule has 23 heavy (non-hydrogen) atoms. The average molecular weight is 336 g/mol. The van der Waals surface area contributed by atoms with E-state index in [1.54, 1.807) is 0 Å². The summed E-state index contributed by atoms with van der Waals surface area (Å²) in [5.41, 5.74) is 0.990. The summed E-state index contributed by atoms with van der Waals surface area (Å²) in [7, 11) is 2.00. The SMILES string of the molecule is CC(C)NC(=O)[C@H](C)[NH+](C)Cc1ccc(-c2ccc(Cl)cc2)o1. The molecule has 0 saturated heterocycles. The van der Waals surface area contributed by atoms with Gasteiger partial charge in [0.15, 0.2) is 11.8 Å². The Bertz CT molecular complexity index is 649. The van der Waals surface area contributed by atoms with Crippen molar-refractivity contribution in [3.8, 4) is 11.3 Å². The van der Waals surface area contributed by atoms with Crippen molar-refractivity contribution in [2.75, 3.05) is 7.05 Å². The second kappa shape index (κ2) is 7.66. The van der Waals surface area contributed by atoms with E-state index in [1.165, 1.54) is 0 Å². The number of quaternary nitrogens is 1. The van der Waals surface area contributed by atoms with E-state index in [9.17, 15) is 4.79 Å². The first kappa shape index (κ1) is 17.6. The van der Waals surface area contributed by atoms with E-state index in [4.69, 9.17) is 16.0 Å². The van der Waals surface area contributed by atoms with Gasteiger partial charge in [-0.15, -0.1) is 0 Å². The first-order chi connectivity index (χ1) is 10.9. The monoisotopic (exact) mass is 335 g/mol. The van der Waals surface area contributed by atoms with Gasteiger partial charge in [-0.05, 0) is 57.2 Å². The van der Waals surface area contributed by atoms with E-state index >= 15 is 0 Å². The molecule has 0 spiro atoms. The molecule has 2 aromatic rings. The third-order valence-corrected chi connectivity index (χ3v) is 4.06. The molecular formula is C18H24ClN2O2+. The number of likely N-dealkylation sites (N-methyl/N-ethyl adjacent to an activating group) is 1. The Balaban J connectivity index is 2.01. The molecule has 1 unspecified atom stereocenters. The zero-order chi connectivity index (χ0) is 17.0. The maximum Gasteiger partial charge on any atom is 0.278 e. The number of amides is 1. The Hall–Kier alpha value is -1.78. The summed E-state index contributed by atoms with van der Waals surface area (Å²) >= 11 is 5.90. The van der Waals surface area contributed by atoms with Gasteiger partial charge in [-0.25, -0.2) is 0 Å². The third kappa shape index (κ3) is 4.85. The predicted molar refractivity (Wildman–Crippen MR) is 92.5 cm³/mol. The van der Waals surface area contributed by atoms with Crippen molar-refractivity contribution in [3.63, 3.8) is 0 Å². The van der Waals surface area contributed by atoms with E-state index in [0.717, 1.165) is 22.0 Å². The number of carbonyl (C=O) groups excluding carboxylic acids is 1. The minimum Gasteiger partial charge on any atom is -0.455 e. The number of furan rings is 1. The van der Waals surface area contributed by atoms with Crippen LogP contribution in [0.5, 0.6) is 0 Å². The summed E-state index contributed by atoms with van der Waals surface area (Å²) in [5, 5.41) is 3.65. The molecule has 0 fully saturated rings. The van der Waals surface area contributed by atoms with Crippen LogP contribution in [0.2, 0.25) is 5.02 Å². The number of carbonyl (C=O) groups is 1. The maximum atomic E-state index is 12.1. The van der Waals surface area contributed by atoms with Crippen LogP contribution in [0.3, 0.4) is 0 Å². The first-order valence-corrected chi connectivity index (χ1v) is 8.22. The molecule has 1 heterocycles. The minimum atomic E-state index is -0.138. The van der Waals surface area contributed by atoms with Gasteiger partial charge >= 0.3 is 0 Å². The number of rotatable bonds is 6. The molecular weight excluding hydrogens is 312 g/mol. The van der Waals surface area contributed by atoms with Crippen LogP contribution in [-0.2, 0) is 11.3 Å². The smallest absolute Gasteiger partial charge is 0.278 e. The molecule has 0 saturated carbocycles. The van der Waals surface area contributed by atoms with Crippen molar-refractivity contribution in [3.05, 3.63) is 47.2 Å². The van der Waals surface area contributed by atoms with Crippen molar-refractivity contribution in [1.82, 2.24) is 5.32 Å². The first-order valence-electron chi connectivity index (χ1n) is 7.84. The number of halogens is 1. The van der Waals surface area contributed by atoms with E-state index in [-0.39, 0.29) is 18.0 Å². The Morgan fingerprint density at radius 3 is 2.43 bits per heavy atom. The summed E-state index contributed by atoms with van der Waals surface area (Å²) in [5.74, 6) is 1.72. The lowest BCUT2D eigenvalue weighted by Crippen LogP contribution is -3.12. The highest BCUT2D eigenvalue weighted by molar-refractivity contribution is 6.30. The van der Waals surface area contributed by atoms with E-state index in [1.807, 2.05) is 64.2 Å².